The number of hydrogen-bond acceptors (Lipinski definition) is 9. The zero-order valence-corrected chi connectivity index (χ0v) is 9.88. The Balaban J connectivity index is -0.0000000405. The standard InChI is InChI=1S/C6H18N4.5H3N/c7-3-1-5-10-6(9)2-4-8;;;;;/h6,10H,1-5,7-9H2;5*1H3. The van der Waals surface area contributed by atoms with Gasteiger partial charge in [0.15, 0.2) is 0 Å². The van der Waals surface area contributed by atoms with Crippen LogP contribution in [0.4, 0.5) is 0 Å². The summed E-state index contributed by atoms with van der Waals surface area (Å²) < 4.78 is 0. The molecule has 15 heavy (non-hydrogen) atoms. The minimum absolute atomic E-state index is 0. The van der Waals surface area contributed by atoms with E-state index in [4.69, 9.17) is 17.2 Å². The van der Waals surface area contributed by atoms with Gasteiger partial charge in [-0.25, -0.2) is 0 Å². The predicted octanol–water partition coefficient (Wildman–Crippen LogP) is -0.632. The van der Waals surface area contributed by atoms with E-state index in [-0.39, 0.29) is 36.9 Å². The monoisotopic (exact) mass is 231 g/mol. The quantitative estimate of drug-likeness (QED) is 0.207. The maximum atomic E-state index is 5.59. The summed E-state index contributed by atoms with van der Waals surface area (Å²) in [5.41, 5.74) is 16.2. The predicted molar refractivity (Wildman–Crippen MR) is 68.4 cm³/mol. The van der Waals surface area contributed by atoms with E-state index in [0.29, 0.717) is 13.1 Å². The zero-order valence-electron chi connectivity index (χ0n) is 9.88. The van der Waals surface area contributed by atoms with Gasteiger partial charge >= 0.3 is 0 Å². The molecule has 1 atom stereocenters. The molecule has 0 aromatic heterocycles. The summed E-state index contributed by atoms with van der Waals surface area (Å²) in [5.74, 6) is 0. The minimum atomic E-state index is 0. The number of hydrogen-bond donors (Lipinski definition) is 9. The summed E-state index contributed by atoms with van der Waals surface area (Å²) in [6, 6.07) is 0. The Morgan fingerprint density at radius 3 is 1.67 bits per heavy atom. The maximum absolute atomic E-state index is 5.59. The highest BCUT2D eigenvalue weighted by Gasteiger charge is 1.96. The molecular weight excluding hydrogens is 198 g/mol. The molecule has 0 aromatic carbocycles. The summed E-state index contributed by atoms with van der Waals surface area (Å²) in [7, 11) is 0. The van der Waals surface area contributed by atoms with Crippen LogP contribution in [0.2, 0.25) is 0 Å². The summed E-state index contributed by atoms with van der Waals surface area (Å²) >= 11 is 0. The van der Waals surface area contributed by atoms with Crippen LogP contribution < -0.4 is 53.3 Å². The van der Waals surface area contributed by atoms with Gasteiger partial charge in [0, 0.05) is 0 Å². The van der Waals surface area contributed by atoms with Crippen molar-refractivity contribution in [3.05, 3.63) is 0 Å². The van der Waals surface area contributed by atoms with E-state index in [2.05, 4.69) is 5.32 Å². The highest BCUT2D eigenvalue weighted by Crippen LogP contribution is 1.79. The van der Waals surface area contributed by atoms with Gasteiger partial charge in [-0.15, -0.1) is 0 Å². The van der Waals surface area contributed by atoms with Gasteiger partial charge in [-0.2, -0.15) is 0 Å². The molecule has 0 amide bonds. The van der Waals surface area contributed by atoms with Gasteiger partial charge in [0.2, 0.25) is 0 Å². The van der Waals surface area contributed by atoms with E-state index in [1.54, 1.807) is 0 Å². The first kappa shape index (κ1) is 36.5. The topological polar surface area (TPSA) is 265 Å². The molecule has 0 aliphatic rings. The van der Waals surface area contributed by atoms with Gasteiger partial charge in [-0.05, 0) is 32.5 Å². The van der Waals surface area contributed by atoms with Crippen molar-refractivity contribution in [2.24, 2.45) is 17.2 Å². The lowest BCUT2D eigenvalue weighted by atomic mass is 10.3. The smallest absolute Gasteiger partial charge is 0.0558 e. The van der Waals surface area contributed by atoms with E-state index in [0.717, 1.165) is 19.4 Å². The molecule has 0 spiro atoms. The molecule has 9 heteroatoms. The Kier molecular flexibility index (Phi) is 71.0. The molecule has 0 heterocycles. The first-order valence-corrected chi connectivity index (χ1v) is 3.70. The van der Waals surface area contributed by atoms with E-state index in [1.165, 1.54) is 0 Å². The third-order valence-corrected chi connectivity index (χ3v) is 1.27. The highest BCUT2D eigenvalue weighted by atomic mass is 15.0. The van der Waals surface area contributed by atoms with Crippen molar-refractivity contribution < 1.29 is 0 Å². The average molecular weight is 231 g/mol. The highest BCUT2D eigenvalue weighted by molar-refractivity contribution is 4.58. The van der Waals surface area contributed by atoms with Crippen LogP contribution in [-0.2, 0) is 0 Å². The normalized spacial score (nSPS) is 9.00. The summed E-state index contributed by atoms with van der Waals surface area (Å²) in [4.78, 5) is 0. The Morgan fingerprint density at radius 2 is 1.33 bits per heavy atom. The fourth-order valence-corrected chi connectivity index (χ4v) is 0.671. The molecule has 0 aliphatic carbocycles. The molecule has 9 nitrogen and oxygen atoms in total. The number of rotatable bonds is 6. The second-order valence-corrected chi connectivity index (χ2v) is 2.28. The number of nitrogens with two attached hydrogens (primary N) is 3. The average Bonchev–Trinajstić information content (AvgIpc) is 1.89. The van der Waals surface area contributed by atoms with E-state index >= 15 is 0 Å². The van der Waals surface area contributed by atoms with Crippen LogP contribution in [-0.4, -0.2) is 25.8 Å². The summed E-state index contributed by atoms with van der Waals surface area (Å²) in [5, 5.41) is 3.10. The van der Waals surface area contributed by atoms with Gasteiger partial charge < -0.3 is 53.3 Å². The molecule has 0 saturated heterocycles. The van der Waals surface area contributed by atoms with Crippen LogP contribution in [0.5, 0.6) is 0 Å². The van der Waals surface area contributed by atoms with Gasteiger partial charge in [-0.1, -0.05) is 0 Å². The second kappa shape index (κ2) is 29.2. The largest absolute Gasteiger partial charge is 0.344 e. The first-order valence-electron chi connectivity index (χ1n) is 3.70. The van der Waals surface area contributed by atoms with Gasteiger partial charge in [0.1, 0.15) is 0 Å². The Bertz CT molecular complexity index is 71.6. The molecule has 0 saturated carbocycles. The van der Waals surface area contributed by atoms with Gasteiger partial charge in [0.25, 0.3) is 0 Å². The van der Waals surface area contributed by atoms with Crippen LogP contribution in [0.15, 0.2) is 0 Å². The third kappa shape index (κ3) is 31.7. The van der Waals surface area contributed by atoms with Crippen LogP contribution in [0.1, 0.15) is 12.8 Å². The Labute approximate surface area is 92.8 Å². The first-order chi connectivity index (χ1) is 4.81. The number of nitrogens with one attached hydrogen (secondary N) is 1. The van der Waals surface area contributed by atoms with E-state index < -0.39 is 0 Å². The summed E-state index contributed by atoms with van der Waals surface area (Å²) in [6.07, 6.45) is 1.83. The fraction of sp³-hybridized carbons (Fsp3) is 1.00. The van der Waals surface area contributed by atoms with Crippen LogP contribution in [0, 0.1) is 0 Å². The fourth-order valence-electron chi connectivity index (χ4n) is 0.671. The van der Waals surface area contributed by atoms with Gasteiger partial charge in [-0.3, -0.25) is 0 Å². The zero-order chi connectivity index (χ0) is 7.82. The van der Waals surface area contributed by atoms with Crippen LogP contribution in [0.25, 0.3) is 0 Å². The van der Waals surface area contributed by atoms with Crippen molar-refractivity contribution in [1.82, 2.24) is 36.1 Å². The molecule has 0 radical (unpaired) electrons. The van der Waals surface area contributed by atoms with Crippen LogP contribution >= 0.6 is 0 Å². The molecule has 0 fully saturated rings. The molecule has 0 rings (SSSR count). The molecule has 102 valence electrons. The van der Waals surface area contributed by atoms with Crippen molar-refractivity contribution in [1.29, 1.82) is 0 Å². The molecule has 1 unspecified atom stereocenters. The van der Waals surface area contributed by atoms with Gasteiger partial charge in [0.05, 0.1) is 6.17 Å². The molecule has 0 aromatic rings. The Morgan fingerprint density at radius 1 is 0.867 bits per heavy atom. The SMILES string of the molecule is N.N.N.N.N.NCCCNC(N)CCN. The van der Waals surface area contributed by atoms with Crippen molar-refractivity contribution in [2.45, 2.75) is 19.0 Å². The lowest BCUT2D eigenvalue weighted by molar-refractivity contribution is 0.495. The van der Waals surface area contributed by atoms with Crippen molar-refractivity contribution >= 4 is 0 Å². The van der Waals surface area contributed by atoms with Crippen molar-refractivity contribution in [3.63, 3.8) is 0 Å². The van der Waals surface area contributed by atoms with Crippen LogP contribution in [0.3, 0.4) is 0 Å². The third-order valence-electron chi connectivity index (χ3n) is 1.27. The van der Waals surface area contributed by atoms with Crippen molar-refractivity contribution in [2.75, 3.05) is 19.6 Å². The minimum Gasteiger partial charge on any atom is -0.344 e. The Hall–Kier alpha value is -0.360. The molecule has 0 aliphatic heterocycles. The maximum Gasteiger partial charge on any atom is 0.0558 e. The lowest BCUT2D eigenvalue weighted by Crippen LogP contribution is -2.39. The lowest BCUT2D eigenvalue weighted by Gasteiger charge is -2.11. The summed E-state index contributed by atoms with van der Waals surface area (Å²) in [6.45, 7) is 2.23. The van der Waals surface area contributed by atoms with Crippen molar-refractivity contribution in [3.8, 4) is 0 Å². The molecule has 0 bridgehead atoms. The molecular formula is C6H33N9. The second-order valence-electron chi connectivity index (χ2n) is 2.28. The van der Waals surface area contributed by atoms with E-state index in [9.17, 15) is 0 Å². The molecule has 22 N–H and O–H groups in total. The van der Waals surface area contributed by atoms with E-state index in [1.807, 2.05) is 0 Å².